The summed E-state index contributed by atoms with van der Waals surface area (Å²) in [6.07, 6.45) is 3.95. The van der Waals surface area contributed by atoms with E-state index >= 15 is 0 Å². The minimum Gasteiger partial charge on any atom is -0.466 e. The standard InChI is InChI=1S/C24H20O4/c1-27-23(25)21-17-13-14-18(22(21)24(26)28-2)20(17)19(15-9-5-3-6-10-15)16-11-7-4-8-12-16/h3-14,17-18H,1-2H3. The van der Waals surface area contributed by atoms with Gasteiger partial charge >= 0.3 is 11.9 Å². The van der Waals surface area contributed by atoms with Crippen molar-refractivity contribution in [1.82, 2.24) is 0 Å². The van der Waals surface area contributed by atoms with E-state index in [9.17, 15) is 9.59 Å². The van der Waals surface area contributed by atoms with Gasteiger partial charge in [0.05, 0.1) is 25.4 Å². The number of carbonyl (C=O) groups is 2. The summed E-state index contributed by atoms with van der Waals surface area (Å²) >= 11 is 0. The predicted octanol–water partition coefficient (Wildman–Crippen LogP) is 3.95. The van der Waals surface area contributed by atoms with Crippen molar-refractivity contribution in [2.24, 2.45) is 11.8 Å². The maximum absolute atomic E-state index is 12.5. The Kier molecular flexibility index (Phi) is 4.70. The molecule has 0 aliphatic heterocycles. The fourth-order valence-corrected chi connectivity index (χ4v) is 4.18. The Morgan fingerprint density at radius 3 is 1.43 bits per heavy atom. The van der Waals surface area contributed by atoms with Crippen molar-refractivity contribution in [3.05, 3.63) is 101 Å². The van der Waals surface area contributed by atoms with Gasteiger partial charge in [-0.05, 0) is 22.3 Å². The molecule has 4 nitrogen and oxygen atoms in total. The first-order valence-electron chi connectivity index (χ1n) is 9.11. The molecule has 0 fully saturated rings. The third-order valence-electron chi connectivity index (χ3n) is 5.30. The van der Waals surface area contributed by atoms with Gasteiger partial charge in [-0.15, -0.1) is 0 Å². The molecule has 2 aromatic carbocycles. The Bertz CT molecular complexity index is 934. The van der Waals surface area contributed by atoms with Crippen LogP contribution in [0.25, 0.3) is 5.57 Å². The van der Waals surface area contributed by atoms with Gasteiger partial charge in [0.1, 0.15) is 0 Å². The van der Waals surface area contributed by atoms with E-state index < -0.39 is 11.9 Å². The van der Waals surface area contributed by atoms with Gasteiger partial charge in [0.15, 0.2) is 0 Å². The number of esters is 2. The summed E-state index contributed by atoms with van der Waals surface area (Å²) in [5, 5.41) is 0. The Labute approximate surface area is 163 Å². The molecule has 28 heavy (non-hydrogen) atoms. The lowest BCUT2D eigenvalue weighted by atomic mass is 9.86. The maximum Gasteiger partial charge on any atom is 0.335 e. The van der Waals surface area contributed by atoms with E-state index in [0.717, 1.165) is 22.3 Å². The first kappa shape index (κ1) is 18.0. The quantitative estimate of drug-likeness (QED) is 0.602. The topological polar surface area (TPSA) is 52.6 Å². The van der Waals surface area contributed by atoms with Crippen LogP contribution in [0.4, 0.5) is 0 Å². The number of carbonyl (C=O) groups excluding carboxylic acids is 2. The molecular weight excluding hydrogens is 352 g/mol. The highest BCUT2D eigenvalue weighted by atomic mass is 16.5. The fourth-order valence-electron chi connectivity index (χ4n) is 4.18. The third kappa shape index (κ3) is 2.78. The number of hydrogen-bond acceptors (Lipinski definition) is 4. The molecule has 0 saturated heterocycles. The summed E-state index contributed by atoms with van der Waals surface area (Å²) in [5.74, 6) is -1.59. The van der Waals surface area contributed by atoms with E-state index in [2.05, 4.69) is 0 Å². The summed E-state index contributed by atoms with van der Waals surface area (Å²) in [5.41, 5.74) is 4.87. The molecule has 2 atom stereocenters. The Morgan fingerprint density at radius 2 is 1.07 bits per heavy atom. The molecule has 4 heteroatoms. The highest BCUT2D eigenvalue weighted by molar-refractivity contribution is 6.06. The van der Waals surface area contributed by atoms with Gasteiger partial charge in [-0.3, -0.25) is 0 Å². The molecule has 0 radical (unpaired) electrons. The van der Waals surface area contributed by atoms with E-state index in [-0.39, 0.29) is 11.8 Å². The van der Waals surface area contributed by atoms with Crippen LogP contribution < -0.4 is 0 Å². The van der Waals surface area contributed by atoms with Crippen molar-refractivity contribution in [2.45, 2.75) is 0 Å². The SMILES string of the molecule is COC(=O)C1=C(C(=O)OC)C2C=CC1C2=C(c1ccccc1)c1ccccc1. The molecule has 0 amide bonds. The highest BCUT2D eigenvalue weighted by Gasteiger charge is 2.47. The molecule has 0 aromatic heterocycles. The van der Waals surface area contributed by atoms with E-state index in [1.807, 2.05) is 72.8 Å². The van der Waals surface area contributed by atoms with E-state index in [1.165, 1.54) is 14.2 Å². The zero-order chi connectivity index (χ0) is 19.7. The van der Waals surface area contributed by atoms with Crippen molar-refractivity contribution in [1.29, 1.82) is 0 Å². The molecule has 0 heterocycles. The Morgan fingerprint density at radius 1 is 0.679 bits per heavy atom. The van der Waals surface area contributed by atoms with Crippen LogP contribution in [0.3, 0.4) is 0 Å². The zero-order valence-corrected chi connectivity index (χ0v) is 15.7. The van der Waals surface area contributed by atoms with Crippen molar-refractivity contribution in [3.8, 4) is 0 Å². The summed E-state index contributed by atoms with van der Waals surface area (Å²) < 4.78 is 9.98. The van der Waals surface area contributed by atoms with E-state index in [1.54, 1.807) is 0 Å². The lowest BCUT2D eigenvalue weighted by molar-refractivity contribution is -0.139. The van der Waals surface area contributed by atoms with Crippen molar-refractivity contribution >= 4 is 17.5 Å². The molecule has 2 aliphatic rings. The van der Waals surface area contributed by atoms with Crippen LogP contribution in [-0.4, -0.2) is 26.2 Å². The molecule has 2 aromatic rings. The zero-order valence-electron chi connectivity index (χ0n) is 15.7. The Hall–Kier alpha value is -3.40. The lowest BCUT2D eigenvalue weighted by Gasteiger charge is -2.17. The second kappa shape index (κ2) is 7.31. The lowest BCUT2D eigenvalue weighted by Crippen LogP contribution is -2.17. The van der Waals surface area contributed by atoms with Crippen LogP contribution in [0, 0.1) is 11.8 Å². The number of fused-ring (bicyclic) bond motifs is 2. The minimum atomic E-state index is -0.491. The van der Waals surface area contributed by atoms with Crippen LogP contribution >= 0.6 is 0 Å². The molecule has 2 bridgehead atoms. The van der Waals surface area contributed by atoms with Gasteiger partial charge in [-0.2, -0.15) is 0 Å². The first-order chi connectivity index (χ1) is 13.7. The smallest absolute Gasteiger partial charge is 0.335 e. The number of hydrogen-bond donors (Lipinski definition) is 0. The van der Waals surface area contributed by atoms with Crippen LogP contribution in [0.2, 0.25) is 0 Å². The van der Waals surface area contributed by atoms with E-state index in [4.69, 9.17) is 9.47 Å². The summed E-state index contributed by atoms with van der Waals surface area (Å²) in [7, 11) is 2.66. The maximum atomic E-state index is 12.5. The van der Waals surface area contributed by atoms with Crippen LogP contribution in [0.15, 0.2) is 89.5 Å². The molecule has 2 unspecified atom stereocenters. The van der Waals surface area contributed by atoms with Crippen molar-refractivity contribution < 1.29 is 19.1 Å². The molecule has 0 spiro atoms. The predicted molar refractivity (Wildman–Crippen MR) is 106 cm³/mol. The van der Waals surface area contributed by atoms with Gasteiger partial charge < -0.3 is 9.47 Å². The van der Waals surface area contributed by atoms with Gasteiger partial charge in [0.2, 0.25) is 0 Å². The molecule has 2 aliphatic carbocycles. The van der Waals surface area contributed by atoms with Gasteiger partial charge in [0.25, 0.3) is 0 Å². The highest BCUT2D eigenvalue weighted by Crippen LogP contribution is 2.52. The van der Waals surface area contributed by atoms with Crippen molar-refractivity contribution in [2.75, 3.05) is 14.2 Å². The minimum absolute atomic E-state index is 0.304. The number of methoxy groups -OCH3 is 2. The monoisotopic (exact) mass is 372 g/mol. The summed E-state index contributed by atoms with van der Waals surface area (Å²) in [6.45, 7) is 0. The second-order valence-corrected chi connectivity index (χ2v) is 6.71. The van der Waals surface area contributed by atoms with Crippen LogP contribution in [0.1, 0.15) is 11.1 Å². The third-order valence-corrected chi connectivity index (χ3v) is 5.30. The Balaban J connectivity index is 1.97. The number of allylic oxidation sites excluding steroid dienone is 3. The van der Waals surface area contributed by atoms with Crippen LogP contribution in [-0.2, 0) is 19.1 Å². The summed E-state index contributed by atoms with van der Waals surface area (Å²) in [6, 6.07) is 20.1. The summed E-state index contributed by atoms with van der Waals surface area (Å²) in [4.78, 5) is 25.1. The first-order valence-corrected chi connectivity index (χ1v) is 9.11. The molecule has 4 rings (SSSR count). The molecule has 140 valence electrons. The van der Waals surface area contributed by atoms with Gasteiger partial charge in [-0.1, -0.05) is 72.8 Å². The van der Waals surface area contributed by atoms with Gasteiger partial charge in [0, 0.05) is 11.8 Å². The normalized spacial score (nSPS) is 19.7. The number of rotatable bonds is 4. The van der Waals surface area contributed by atoms with E-state index in [0.29, 0.717) is 11.1 Å². The van der Waals surface area contributed by atoms with Crippen LogP contribution in [0.5, 0.6) is 0 Å². The number of ether oxygens (including phenoxy) is 2. The average molecular weight is 372 g/mol. The molecule has 0 N–H and O–H groups in total. The van der Waals surface area contributed by atoms with Gasteiger partial charge in [-0.25, -0.2) is 9.59 Å². The molecule has 0 saturated carbocycles. The molecular formula is C24H20O4. The average Bonchev–Trinajstić information content (AvgIpc) is 3.30. The number of benzene rings is 2. The fraction of sp³-hybridized carbons (Fsp3) is 0.167. The van der Waals surface area contributed by atoms with Crippen molar-refractivity contribution in [3.63, 3.8) is 0 Å². The second-order valence-electron chi connectivity index (χ2n) is 6.71. The largest absolute Gasteiger partial charge is 0.466 e.